The largest absolute Gasteiger partial charge is 0.478 e. The van der Waals surface area contributed by atoms with Gasteiger partial charge in [0.25, 0.3) is 5.91 Å². The Morgan fingerprint density at radius 1 is 1.29 bits per heavy atom. The van der Waals surface area contributed by atoms with Gasteiger partial charge in [-0.2, -0.15) is 0 Å². The smallest absolute Gasteiger partial charge is 0.328 e. The van der Waals surface area contributed by atoms with Crippen LogP contribution in [0.5, 0.6) is 0 Å². The highest BCUT2D eigenvalue weighted by molar-refractivity contribution is 7.14. The molecule has 21 heavy (non-hydrogen) atoms. The van der Waals surface area contributed by atoms with Gasteiger partial charge in [-0.25, -0.2) is 4.79 Å². The maximum absolute atomic E-state index is 12.4. The van der Waals surface area contributed by atoms with Gasteiger partial charge in [-0.05, 0) is 31.2 Å². The Morgan fingerprint density at radius 2 is 2.00 bits per heavy atom. The van der Waals surface area contributed by atoms with E-state index in [0.717, 1.165) is 50.1 Å². The number of hydrogen-bond acceptors (Lipinski definition) is 4. The summed E-state index contributed by atoms with van der Waals surface area (Å²) in [5.74, 6) is -0.936. The number of carbonyl (C=O) groups excluding carboxylic acids is 1. The molecule has 0 aromatic carbocycles. The van der Waals surface area contributed by atoms with E-state index in [1.54, 1.807) is 12.1 Å². The first-order valence-corrected chi connectivity index (χ1v) is 7.94. The zero-order chi connectivity index (χ0) is 15.2. The number of piperazine rings is 1. The maximum Gasteiger partial charge on any atom is 0.328 e. The summed E-state index contributed by atoms with van der Waals surface area (Å²) in [6.45, 7) is 6.63. The highest BCUT2D eigenvalue weighted by Gasteiger charge is 2.22. The second kappa shape index (κ2) is 7.38. The average Bonchev–Trinajstić information content (AvgIpc) is 2.94. The molecule has 2 heterocycles. The Hall–Kier alpha value is -1.66. The van der Waals surface area contributed by atoms with Crippen LogP contribution in [-0.2, 0) is 4.79 Å². The van der Waals surface area contributed by atoms with Crippen molar-refractivity contribution in [3.8, 4) is 0 Å². The van der Waals surface area contributed by atoms with Crippen molar-refractivity contribution in [1.29, 1.82) is 0 Å². The van der Waals surface area contributed by atoms with Crippen molar-refractivity contribution in [2.24, 2.45) is 0 Å². The first kappa shape index (κ1) is 15.7. The third-order valence-electron chi connectivity index (χ3n) is 3.43. The van der Waals surface area contributed by atoms with E-state index in [1.807, 2.05) is 4.90 Å². The van der Waals surface area contributed by atoms with Crippen LogP contribution in [0.3, 0.4) is 0 Å². The van der Waals surface area contributed by atoms with Crippen molar-refractivity contribution in [1.82, 2.24) is 9.80 Å². The summed E-state index contributed by atoms with van der Waals surface area (Å²) in [5, 5.41) is 8.60. The molecule has 2 rings (SSSR count). The van der Waals surface area contributed by atoms with Crippen LogP contribution in [0.2, 0.25) is 0 Å². The molecule has 0 spiro atoms. The molecular weight excluding hydrogens is 288 g/mol. The van der Waals surface area contributed by atoms with Crippen molar-refractivity contribution in [3.05, 3.63) is 28.0 Å². The molecule has 0 atom stereocenters. The minimum Gasteiger partial charge on any atom is -0.478 e. The molecular formula is C15H20N2O3S. The molecule has 0 saturated carbocycles. The van der Waals surface area contributed by atoms with E-state index in [1.165, 1.54) is 17.4 Å². The molecule has 1 aliphatic heterocycles. The first-order chi connectivity index (χ1) is 10.1. The Bertz CT molecular complexity index is 531. The SMILES string of the molecule is CCCN1CCN(C(=O)c2ccc(C=CC(=O)O)s2)CC1. The fraction of sp³-hybridized carbons (Fsp3) is 0.467. The monoisotopic (exact) mass is 308 g/mol. The molecule has 0 radical (unpaired) electrons. The normalized spacial score (nSPS) is 16.5. The fourth-order valence-corrected chi connectivity index (χ4v) is 3.24. The van der Waals surface area contributed by atoms with Crippen LogP contribution in [0.15, 0.2) is 18.2 Å². The summed E-state index contributed by atoms with van der Waals surface area (Å²) in [5.41, 5.74) is 0. The number of carboxylic acid groups (broad SMARTS) is 1. The lowest BCUT2D eigenvalue weighted by Gasteiger charge is -2.34. The van der Waals surface area contributed by atoms with Crippen LogP contribution in [0.1, 0.15) is 27.9 Å². The van der Waals surface area contributed by atoms with Crippen LogP contribution in [0.25, 0.3) is 6.08 Å². The lowest BCUT2D eigenvalue weighted by Crippen LogP contribution is -2.48. The number of rotatable bonds is 5. The zero-order valence-electron chi connectivity index (χ0n) is 12.1. The molecule has 114 valence electrons. The lowest BCUT2D eigenvalue weighted by molar-refractivity contribution is -0.131. The van der Waals surface area contributed by atoms with Gasteiger partial charge in [0, 0.05) is 37.1 Å². The second-order valence-electron chi connectivity index (χ2n) is 5.01. The topological polar surface area (TPSA) is 60.9 Å². The molecule has 0 unspecified atom stereocenters. The molecule has 1 aromatic heterocycles. The van der Waals surface area contributed by atoms with E-state index in [2.05, 4.69) is 11.8 Å². The van der Waals surface area contributed by atoms with Crippen LogP contribution >= 0.6 is 11.3 Å². The number of amides is 1. The fourth-order valence-electron chi connectivity index (χ4n) is 2.36. The molecule has 1 amide bonds. The lowest BCUT2D eigenvalue weighted by atomic mass is 10.2. The summed E-state index contributed by atoms with van der Waals surface area (Å²) < 4.78 is 0. The molecule has 6 heteroatoms. The van der Waals surface area contributed by atoms with E-state index in [4.69, 9.17) is 5.11 Å². The third kappa shape index (κ3) is 4.41. The predicted octanol–water partition coefficient (Wildman–Crippen LogP) is 2.01. The molecule has 1 aliphatic rings. The average molecular weight is 308 g/mol. The third-order valence-corrected chi connectivity index (χ3v) is 4.47. The Kier molecular flexibility index (Phi) is 5.52. The summed E-state index contributed by atoms with van der Waals surface area (Å²) >= 11 is 1.33. The minimum absolute atomic E-state index is 0.0473. The second-order valence-corrected chi connectivity index (χ2v) is 6.12. The number of carboxylic acids is 1. The minimum atomic E-state index is -0.983. The molecule has 1 aromatic rings. The Morgan fingerprint density at radius 3 is 2.62 bits per heavy atom. The van der Waals surface area contributed by atoms with Gasteiger partial charge in [-0.15, -0.1) is 11.3 Å². The van der Waals surface area contributed by atoms with Gasteiger partial charge in [-0.3, -0.25) is 9.69 Å². The molecule has 5 nitrogen and oxygen atoms in total. The molecule has 0 bridgehead atoms. The van der Waals surface area contributed by atoms with Crippen LogP contribution < -0.4 is 0 Å². The number of nitrogens with zero attached hydrogens (tertiary/aromatic N) is 2. The number of thiophene rings is 1. The summed E-state index contributed by atoms with van der Waals surface area (Å²) in [6, 6.07) is 3.55. The van der Waals surface area contributed by atoms with E-state index in [9.17, 15) is 9.59 Å². The van der Waals surface area contributed by atoms with Crippen LogP contribution in [0, 0.1) is 0 Å². The van der Waals surface area contributed by atoms with Crippen molar-refractivity contribution in [2.75, 3.05) is 32.7 Å². The van der Waals surface area contributed by atoms with E-state index in [0.29, 0.717) is 4.88 Å². The molecule has 0 aliphatic carbocycles. The predicted molar refractivity (Wildman–Crippen MR) is 83.6 cm³/mol. The van der Waals surface area contributed by atoms with Crippen molar-refractivity contribution < 1.29 is 14.7 Å². The first-order valence-electron chi connectivity index (χ1n) is 7.12. The van der Waals surface area contributed by atoms with E-state index >= 15 is 0 Å². The van der Waals surface area contributed by atoms with Gasteiger partial charge in [0.2, 0.25) is 0 Å². The Balaban J connectivity index is 1.93. The summed E-state index contributed by atoms with van der Waals surface area (Å²) in [7, 11) is 0. The standard InChI is InChI=1S/C15H20N2O3S/c1-2-7-16-8-10-17(11-9-16)15(20)13-5-3-12(21-13)4-6-14(18)19/h3-6H,2,7-11H2,1H3,(H,18,19). The number of hydrogen-bond donors (Lipinski definition) is 1. The van der Waals surface area contributed by atoms with Gasteiger partial charge >= 0.3 is 5.97 Å². The molecule has 1 N–H and O–H groups in total. The van der Waals surface area contributed by atoms with Crippen LogP contribution in [0.4, 0.5) is 0 Å². The highest BCUT2D eigenvalue weighted by Crippen LogP contribution is 2.20. The summed E-state index contributed by atoms with van der Waals surface area (Å²) in [4.78, 5) is 28.6. The van der Waals surface area contributed by atoms with Crippen molar-refractivity contribution in [3.63, 3.8) is 0 Å². The highest BCUT2D eigenvalue weighted by atomic mass is 32.1. The van der Waals surface area contributed by atoms with Crippen molar-refractivity contribution >= 4 is 29.3 Å². The van der Waals surface area contributed by atoms with Gasteiger partial charge < -0.3 is 10.0 Å². The van der Waals surface area contributed by atoms with Gasteiger partial charge in [-0.1, -0.05) is 6.92 Å². The van der Waals surface area contributed by atoms with Gasteiger partial charge in [0.1, 0.15) is 0 Å². The van der Waals surface area contributed by atoms with Crippen LogP contribution in [-0.4, -0.2) is 59.5 Å². The maximum atomic E-state index is 12.4. The summed E-state index contributed by atoms with van der Waals surface area (Å²) in [6.07, 6.45) is 3.74. The van der Waals surface area contributed by atoms with E-state index < -0.39 is 5.97 Å². The number of aliphatic carboxylic acids is 1. The van der Waals surface area contributed by atoms with Gasteiger partial charge in [0.05, 0.1) is 4.88 Å². The van der Waals surface area contributed by atoms with E-state index in [-0.39, 0.29) is 5.91 Å². The van der Waals surface area contributed by atoms with Gasteiger partial charge in [0.15, 0.2) is 0 Å². The van der Waals surface area contributed by atoms with Crippen molar-refractivity contribution in [2.45, 2.75) is 13.3 Å². The zero-order valence-corrected chi connectivity index (χ0v) is 12.9. The number of carbonyl (C=O) groups is 2. The Labute approximate surface area is 128 Å². The molecule has 1 fully saturated rings. The quantitative estimate of drug-likeness (QED) is 0.845. The molecule has 1 saturated heterocycles.